The van der Waals surface area contributed by atoms with Crippen LogP contribution in [0.5, 0.6) is 0 Å². The van der Waals surface area contributed by atoms with Crippen LogP contribution in [-0.2, 0) is 0 Å². The van der Waals surface area contributed by atoms with Gasteiger partial charge in [0.05, 0.1) is 0 Å². The van der Waals surface area contributed by atoms with E-state index in [2.05, 4.69) is 10.3 Å². The molecule has 0 aliphatic heterocycles. The summed E-state index contributed by atoms with van der Waals surface area (Å²) in [6.45, 7) is 0. The molecule has 0 bridgehead atoms. The molecule has 2 aromatic rings. The van der Waals surface area contributed by atoms with E-state index in [0.29, 0.717) is 4.99 Å². The van der Waals surface area contributed by atoms with E-state index in [-0.39, 0.29) is 5.82 Å². The number of benzene rings is 1. The molecule has 0 radical (unpaired) electrons. The number of hydrogen-bond donors (Lipinski definition) is 1. The third-order valence-corrected chi connectivity index (χ3v) is 2.36. The Morgan fingerprint density at radius 3 is 2.56 bits per heavy atom. The Kier molecular flexibility index (Phi) is 3.22. The molecule has 2 rings (SSSR count). The number of hydrogen-bond acceptors (Lipinski definition) is 2. The summed E-state index contributed by atoms with van der Waals surface area (Å²) >= 11 is 5.19. The van der Waals surface area contributed by atoms with Gasteiger partial charge in [-0.25, -0.2) is 4.39 Å². The Morgan fingerprint density at radius 2 is 1.94 bits per heavy atom. The summed E-state index contributed by atoms with van der Waals surface area (Å²) in [4.78, 5) is 4.54. The highest BCUT2D eigenvalue weighted by molar-refractivity contribution is 7.81. The number of rotatable bonds is 2. The molecule has 2 nitrogen and oxygen atoms in total. The Hall–Kier alpha value is -1.81. The second-order valence-corrected chi connectivity index (χ2v) is 3.61. The van der Waals surface area contributed by atoms with E-state index in [1.54, 1.807) is 24.5 Å². The van der Waals surface area contributed by atoms with Gasteiger partial charge in [-0.1, -0.05) is 12.2 Å². The van der Waals surface area contributed by atoms with Gasteiger partial charge in [-0.05, 0) is 36.4 Å². The maximum absolute atomic E-state index is 12.7. The van der Waals surface area contributed by atoms with Crippen molar-refractivity contribution >= 4 is 22.9 Å². The second-order valence-electron chi connectivity index (χ2n) is 3.20. The number of anilines is 1. The molecule has 0 aliphatic carbocycles. The van der Waals surface area contributed by atoms with Crippen LogP contribution in [0.15, 0.2) is 48.8 Å². The predicted molar refractivity (Wildman–Crippen MR) is 66.0 cm³/mol. The Labute approximate surface area is 98.1 Å². The van der Waals surface area contributed by atoms with E-state index < -0.39 is 0 Å². The van der Waals surface area contributed by atoms with Crippen LogP contribution in [0.3, 0.4) is 0 Å². The quantitative estimate of drug-likeness (QED) is 0.806. The van der Waals surface area contributed by atoms with Crippen LogP contribution in [0.2, 0.25) is 0 Å². The van der Waals surface area contributed by atoms with Crippen molar-refractivity contribution in [2.75, 3.05) is 5.32 Å². The zero-order valence-electron chi connectivity index (χ0n) is 8.35. The van der Waals surface area contributed by atoms with Gasteiger partial charge in [0.1, 0.15) is 10.8 Å². The topological polar surface area (TPSA) is 24.9 Å². The van der Waals surface area contributed by atoms with Gasteiger partial charge < -0.3 is 5.32 Å². The third kappa shape index (κ3) is 2.61. The Balaban J connectivity index is 2.11. The normalized spacial score (nSPS) is 9.81. The predicted octanol–water partition coefficient (Wildman–Crippen LogP) is 3.01. The number of thiocarbonyl (C=S) groups is 1. The zero-order chi connectivity index (χ0) is 11.4. The first kappa shape index (κ1) is 10.7. The average Bonchev–Trinajstić information content (AvgIpc) is 2.33. The molecule has 1 aromatic heterocycles. The molecule has 0 unspecified atom stereocenters. The molecule has 0 saturated heterocycles. The molecule has 1 heterocycles. The summed E-state index contributed by atoms with van der Waals surface area (Å²) < 4.78 is 12.7. The fraction of sp³-hybridized carbons (Fsp3) is 0. The van der Waals surface area contributed by atoms with Gasteiger partial charge in [-0.15, -0.1) is 0 Å². The smallest absolute Gasteiger partial charge is 0.123 e. The van der Waals surface area contributed by atoms with E-state index in [4.69, 9.17) is 12.2 Å². The van der Waals surface area contributed by atoms with Gasteiger partial charge >= 0.3 is 0 Å². The van der Waals surface area contributed by atoms with Crippen LogP contribution in [0.25, 0.3) is 0 Å². The summed E-state index contributed by atoms with van der Waals surface area (Å²) in [6.07, 6.45) is 3.36. The first-order valence-electron chi connectivity index (χ1n) is 4.72. The Bertz CT molecular complexity index is 482. The van der Waals surface area contributed by atoms with Gasteiger partial charge in [-0.3, -0.25) is 4.98 Å². The zero-order valence-corrected chi connectivity index (χ0v) is 9.17. The molecule has 4 heteroatoms. The van der Waals surface area contributed by atoms with Gasteiger partial charge in [0.2, 0.25) is 0 Å². The lowest BCUT2D eigenvalue weighted by Crippen LogP contribution is -2.10. The van der Waals surface area contributed by atoms with Crippen LogP contribution in [0.4, 0.5) is 10.1 Å². The van der Waals surface area contributed by atoms with Crippen molar-refractivity contribution in [2.24, 2.45) is 0 Å². The summed E-state index contributed by atoms with van der Waals surface area (Å²) in [5, 5.41) is 3.01. The van der Waals surface area contributed by atoms with Crippen molar-refractivity contribution in [3.8, 4) is 0 Å². The van der Waals surface area contributed by atoms with Gasteiger partial charge in [0.15, 0.2) is 0 Å². The van der Waals surface area contributed by atoms with Crippen LogP contribution in [0.1, 0.15) is 5.56 Å². The van der Waals surface area contributed by atoms with Crippen molar-refractivity contribution in [1.29, 1.82) is 0 Å². The average molecular weight is 232 g/mol. The molecular weight excluding hydrogens is 223 g/mol. The van der Waals surface area contributed by atoms with Crippen LogP contribution >= 0.6 is 12.2 Å². The van der Waals surface area contributed by atoms with E-state index in [9.17, 15) is 4.39 Å². The molecule has 1 N–H and O–H groups in total. The maximum atomic E-state index is 12.7. The van der Waals surface area contributed by atoms with Gasteiger partial charge in [-0.2, -0.15) is 0 Å². The largest absolute Gasteiger partial charge is 0.346 e. The van der Waals surface area contributed by atoms with Crippen LogP contribution in [-0.4, -0.2) is 9.97 Å². The summed E-state index contributed by atoms with van der Waals surface area (Å²) in [5.41, 5.74) is 1.59. The number of nitrogens with one attached hydrogen (secondary N) is 1. The number of pyridine rings is 1. The lowest BCUT2D eigenvalue weighted by molar-refractivity contribution is 0.628. The molecule has 16 heavy (non-hydrogen) atoms. The van der Waals surface area contributed by atoms with E-state index >= 15 is 0 Å². The van der Waals surface area contributed by atoms with Gasteiger partial charge in [0.25, 0.3) is 0 Å². The molecule has 0 saturated carbocycles. The monoisotopic (exact) mass is 232 g/mol. The van der Waals surface area contributed by atoms with Crippen molar-refractivity contribution in [1.82, 2.24) is 4.98 Å². The third-order valence-electron chi connectivity index (χ3n) is 2.03. The lowest BCUT2D eigenvalue weighted by Gasteiger charge is -2.07. The van der Waals surface area contributed by atoms with E-state index in [1.165, 1.54) is 12.1 Å². The number of nitrogens with zero attached hydrogens (tertiary/aromatic N) is 1. The SMILES string of the molecule is Fc1ccc(NC(=S)c2cccnc2)cc1. The first-order valence-corrected chi connectivity index (χ1v) is 5.13. The Morgan fingerprint density at radius 1 is 1.19 bits per heavy atom. The van der Waals surface area contributed by atoms with Gasteiger partial charge in [0, 0.05) is 23.6 Å². The molecule has 0 fully saturated rings. The minimum atomic E-state index is -0.266. The first-order chi connectivity index (χ1) is 7.75. The minimum absolute atomic E-state index is 0.266. The second kappa shape index (κ2) is 4.81. The molecule has 0 spiro atoms. The molecule has 80 valence electrons. The van der Waals surface area contributed by atoms with Crippen LogP contribution < -0.4 is 5.32 Å². The van der Waals surface area contributed by atoms with Crippen molar-refractivity contribution in [3.63, 3.8) is 0 Å². The highest BCUT2D eigenvalue weighted by atomic mass is 32.1. The van der Waals surface area contributed by atoms with Crippen LogP contribution in [0, 0.1) is 5.82 Å². The highest BCUT2D eigenvalue weighted by Crippen LogP contribution is 2.10. The molecule has 0 atom stereocenters. The van der Waals surface area contributed by atoms with Crippen molar-refractivity contribution < 1.29 is 4.39 Å². The molecule has 0 aliphatic rings. The fourth-order valence-corrected chi connectivity index (χ4v) is 1.47. The molecular formula is C12H9FN2S. The maximum Gasteiger partial charge on any atom is 0.123 e. The number of halogens is 1. The minimum Gasteiger partial charge on any atom is -0.346 e. The lowest BCUT2D eigenvalue weighted by atomic mass is 10.2. The van der Waals surface area contributed by atoms with Crippen molar-refractivity contribution in [2.45, 2.75) is 0 Å². The van der Waals surface area contributed by atoms with E-state index in [0.717, 1.165) is 11.3 Å². The van der Waals surface area contributed by atoms with Crippen molar-refractivity contribution in [3.05, 3.63) is 60.2 Å². The summed E-state index contributed by atoms with van der Waals surface area (Å²) in [5.74, 6) is -0.266. The summed E-state index contributed by atoms with van der Waals surface area (Å²) in [6, 6.07) is 9.72. The molecule has 1 aromatic carbocycles. The summed E-state index contributed by atoms with van der Waals surface area (Å²) in [7, 11) is 0. The van der Waals surface area contributed by atoms with E-state index in [1.807, 2.05) is 12.1 Å². The number of aromatic nitrogens is 1. The highest BCUT2D eigenvalue weighted by Gasteiger charge is 2.01. The fourth-order valence-electron chi connectivity index (χ4n) is 1.23. The molecule has 0 amide bonds. The standard InChI is InChI=1S/C12H9FN2S/c13-10-3-5-11(6-4-10)15-12(16)9-2-1-7-14-8-9/h1-8H,(H,15,16).